The minimum Gasteiger partial charge on any atom is -0.395 e. The fraction of sp³-hybridized carbons (Fsp3) is 0.333. The lowest BCUT2D eigenvalue weighted by molar-refractivity contribution is -0.127. The van der Waals surface area contributed by atoms with Gasteiger partial charge >= 0.3 is 0 Å². The first-order chi connectivity index (χ1) is 11.9. The summed E-state index contributed by atoms with van der Waals surface area (Å²) >= 11 is 0. The lowest BCUT2D eigenvalue weighted by Crippen LogP contribution is -2.31. The van der Waals surface area contributed by atoms with Gasteiger partial charge in [0.2, 0.25) is 5.91 Å². The van der Waals surface area contributed by atoms with Gasteiger partial charge in [0.15, 0.2) is 0 Å². The second-order valence-corrected chi connectivity index (χ2v) is 7.05. The largest absolute Gasteiger partial charge is 0.395 e. The summed E-state index contributed by atoms with van der Waals surface area (Å²) in [4.78, 5) is 18.1. The van der Waals surface area contributed by atoms with Gasteiger partial charge in [0.05, 0.1) is 6.61 Å². The van der Waals surface area contributed by atoms with Crippen molar-refractivity contribution in [3.63, 3.8) is 0 Å². The van der Waals surface area contributed by atoms with Gasteiger partial charge in [0, 0.05) is 31.6 Å². The summed E-state index contributed by atoms with van der Waals surface area (Å²) in [5.41, 5.74) is 3.29. The van der Waals surface area contributed by atoms with Crippen LogP contribution >= 0.6 is 0 Å². The van der Waals surface area contributed by atoms with E-state index in [9.17, 15) is 9.90 Å². The van der Waals surface area contributed by atoms with Crippen molar-refractivity contribution in [3.05, 3.63) is 71.6 Å². The average Bonchev–Trinajstić information content (AvgIpc) is 2.60. The fourth-order valence-electron chi connectivity index (χ4n) is 2.47. The molecule has 0 aliphatic carbocycles. The van der Waals surface area contributed by atoms with Crippen molar-refractivity contribution in [3.8, 4) is 0 Å². The second-order valence-electron chi connectivity index (χ2n) is 7.05. The molecule has 1 heterocycles. The number of nitrogens with zero attached hydrogens (tertiary/aromatic N) is 2. The summed E-state index contributed by atoms with van der Waals surface area (Å²) in [5, 5.41) is 9.22. The topological polar surface area (TPSA) is 53.4 Å². The summed E-state index contributed by atoms with van der Waals surface area (Å²) in [7, 11) is 0. The molecule has 0 bridgehead atoms. The van der Waals surface area contributed by atoms with Crippen LogP contribution < -0.4 is 0 Å². The molecule has 1 N–H and O–H groups in total. The standard InChI is InChI=1S/C21H26N2O2/c1-21(2,3)19-9-6-17(7-10-19)8-11-20(25)23(13-14-24)16-18-5-4-12-22-15-18/h4-12,15,24H,13-14,16H2,1-3H3/b11-8+. The van der Waals surface area contributed by atoms with Gasteiger partial charge in [-0.15, -0.1) is 0 Å². The third kappa shape index (κ3) is 5.84. The normalized spacial score (nSPS) is 11.7. The molecule has 1 aromatic heterocycles. The Kier molecular flexibility index (Phi) is 6.48. The van der Waals surface area contributed by atoms with Crippen LogP contribution in [0.4, 0.5) is 0 Å². The van der Waals surface area contributed by atoms with E-state index in [1.54, 1.807) is 23.4 Å². The predicted octanol–water partition coefficient (Wildman–Crippen LogP) is 3.41. The molecule has 0 unspecified atom stereocenters. The molecule has 0 radical (unpaired) electrons. The average molecular weight is 338 g/mol. The molecule has 0 fully saturated rings. The Labute approximate surface area is 149 Å². The van der Waals surface area contributed by atoms with Gasteiger partial charge in [0.1, 0.15) is 0 Å². The van der Waals surface area contributed by atoms with E-state index in [2.05, 4.69) is 37.9 Å². The van der Waals surface area contributed by atoms with Crippen LogP contribution in [0.15, 0.2) is 54.9 Å². The van der Waals surface area contributed by atoms with E-state index in [1.165, 1.54) is 5.56 Å². The number of pyridine rings is 1. The molecule has 0 spiro atoms. The number of carbonyl (C=O) groups excluding carboxylic acids is 1. The molecule has 0 atom stereocenters. The maximum Gasteiger partial charge on any atom is 0.246 e. The number of benzene rings is 1. The van der Waals surface area contributed by atoms with Crippen molar-refractivity contribution >= 4 is 12.0 Å². The summed E-state index contributed by atoms with van der Waals surface area (Å²) in [6.45, 7) is 7.17. The Morgan fingerprint density at radius 1 is 1.20 bits per heavy atom. The minimum atomic E-state index is -0.127. The number of hydrogen-bond donors (Lipinski definition) is 1. The van der Waals surface area contributed by atoms with Gasteiger partial charge in [-0.25, -0.2) is 0 Å². The first-order valence-electron chi connectivity index (χ1n) is 8.47. The van der Waals surface area contributed by atoms with Crippen LogP contribution in [0.5, 0.6) is 0 Å². The molecule has 2 rings (SSSR count). The first kappa shape index (κ1) is 18.9. The monoisotopic (exact) mass is 338 g/mol. The Bertz CT molecular complexity index is 701. The van der Waals surface area contributed by atoms with Gasteiger partial charge in [-0.3, -0.25) is 9.78 Å². The molecular weight excluding hydrogens is 312 g/mol. The van der Waals surface area contributed by atoms with Crippen molar-refractivity contribution in [2.75, 3.05) is 13.2 Å². The lowest BCUT2D eigenvalue weighted by Gasteiger charge is -2.20. The summed E-state index contributed by atoms with van der Waals surface area (Å²) < 4.78 is 0. The molecule has 1 aromatic carbocycles. The van der Waals surface area contributed by atoms with E-state index in [0.29, 0.717) is 13.1 Å². The Morgan fingerprint density at radius 3 is 2.48 bits per heavy atom. The zero-order chi connectivity index (χ0) is 18.3. The number of carbonyl (C=O) groups is 1. The van der Waals surface area contributed by atoms with Gasteiger partial charge in [-0.05, 0) is 34.2 Å². The Morgan fingerprint density at radius 2 is 1.92 bits per heavy atom. The second kappa shape index (κ2) is 8.58. The zero-order valence-corrected chi connectivity index (χ0v) is 15.1. The van der Waals surface area contributed by atoms with E-state index < -0.39 is 0 Å². The highest BCUT2D eigenvalue weighted by Crippen LogP contribution is 2.22. The molecule has 132 valence electrons. The molecule has 0 aliphatic rings. The smallest absolute Gasteiger partial charge is 0.246 e. The molecule has 0 aliphatic heterocycles. The third-order valence-electron chi connectivity index (χ3n) is 3.97. The van der Waals surface area contributed by atoms with Gasteiger partial charge < -0.3 is 10.0 Å². The quantitative estimate of drug-likeness (QED) is 0.821. The number of rotatable bonds is 6. The maximum atomic E-state index is 12.4. The van der Waals surface area contributed by atoms with Crippen molar-refractivity contribution < 1.29 is 9.90 Å². The van der Waals surface area contributed by atoms with Crippen molar-refractivity contribution in [2.45, 2.75) is 32.7 Å². The molecule has 2 aromatic rings. The zero-order valence-electron chi connectivity index (χ0n) is 15.1. The molecule has 0 saturated heterocycles. The molecule has 1 amide bonds. The first-order valence-corrected chi connectivity index (χ1v) is 8.47. The van der Waals surface area contributed by atoms with Crippen LogP contribution in [-0.2, 0) is 16.8 Å². The van der Waals surface area contributed by atoms with E-state index >= 15 is 0 Å². The van der Waals surface area contributed by atoms with Crippen LogP contribution in [0.3, 0.4) is 0 Å². The molecule has 4 heteroatoms. The Balaban J connectivity index is 2.05. The summed E-state index contributed by atoms with van der Waals surface area (Å²) in [6.07, 6.45) is 6.79. The number of aliphatic hydroxyl groups is 1. The third-order valence-corrected chi connectivity index (χ3v) is 3.97. The number of aromatic nitrogens is 1. The molecule has 0 saturated carbocycles. The Hall–Kier alpha value is -2.46. The lowest BCUT2D eigenvalue weighted by atomic mass is 9.87. The van der Waals surface area contributed by atoms with Crippen LogP contribution in [-0.4, -0.2) is 34.0 Å². The van der Waals surface area contributed by atoms with E-state index in [1.807, 2.05) is 30.3 Å². The van der Waals surface area contributed by atoms with Gasteiger partial charge in [-0.2, -0.15) is 0 Å². The van der Waals surface area contributed by atoms with Crippen molar-refractivity contribution in [1.29, 1.82) is 0 Å². The van der Waals surface area contributed by atoms with Crippen LogP contribution in [0.2, 0.25) is 0 Å². The minimum absolute atomic E-state index is 0.0693. The van der Waals surface area contributed by atoms with Gasteiger partial charge in [-0.1, -0.05) is 51.1 Å². The van der Waals surface area contributed by atoms with Crippen LogP contribution in [0, 0.1) is 0 Å². The molecule has 4 nitrogen and oxygen atoms in total. The molecule has 25 heavy (non-hydrogen) atoms. The highest BCUT2D eigenvalue weighted by Gasteiger charge is 2.13. The predicted molar refractivity (Wildman–Crippen MR) is 101 cm³/mol. The summed E-state index contributed by atoms with van der Waals surface area (Å²) in [6, 6.07) is 12.0. The van der Waals surface area contributed by atoms with E-state index in [4.69, 9.17) is 0 Å². The number of aliphatic hydroxyl groups excluding tert-OH is 1. The van der Waals surface area contributed by atoms with E-state index in [0.717, 1.165) is 11.1 Å². The van der Waals surface area contributed by atoms with E-state index in [-0.39, 0.29) is 17.9 Å². The highest BCUT2D eigenvalue weighted by atomic mass is 16.3. The van der Waals surface area contributed by atoms with Crippen LogP contribution in [0.1, 0.15) is 37.5 Å². The fourth-order valence-corrected chi connectivity index (χ4v) is 2.47. The van der Waals surface area contributed by atoms with Crippen LogP contribution in [0.25, 0.3) is 6.08 Å². The highest BCUT2D eigenvalue weighted by molar-refractivity contribution is 5.91. The van der Waals surface area contributed by atoms with Gasteiger partial charge in [0.25, 0.3) is 0 Å². The SMILES string of the molecule is CC(C)(C)c1ccc(/C=C/C(=O)N(CCO)Cc2cccnc2)cc1. The summed E-state index contributed by atoms with van der Waals surface area (Å²) in [5.74, 6) is -0.127. The maximum absolute atomic E-state index is 12.4. The van der Waals surface area contributed by atoms with Crippen molar-refractivity contribution in [2.24, 2.45) is 0 Å². The van der Waals surface area contributed by atoms with Crippen molar-refractivity contribution in [1.82, 2.24) is 9.88 Å². The number of hydrogen-bond acceptors (Lipinski definition) is 3. The number of amides is 1. The molecular formula is C21H26N2O2.